The van der Waals surface area contributed by atoms with Gasteiger partial charge in [0.05, 0.1) is 11.8 Å². The van der Waals surface area contributed by atoms with Crippen molar-refractivity contribution in [1.82, 2.24) is 10.3 Å². The van der Waals surface area contributed by atoms with Crippen molar-refractivity contribution in [2.24, 2.45) is 5.73 Å². The molecule has 5 nitrogen and oxygen atoms in total. The number of pyridine rings is 1. The molecule has 0 spiro atoms. The quantitative estimate of drug-likeness (QED) is 0.890. The van der Waals surface area contributed by atoms with Crippen LogP contribution in [0.5, 0.6) is 0 Å². The number of rotatable bonds is 4. The van der Waals surface area contributed by atoms with E-state index >= 15 is 0 Å². The maximum atomic E-state index is 13.0. The molecule has 0 aliphatic carbocycles. The highest BCUT2D eigenvalue weighted by molar-refractivity contribution is 5.97. The summed E-state index contributed by atoms with van der Waals surface area (Å²) in [5.41, 5.74) is 5.49. The maximum Gasteiger partial charge on any atom is 0.253 e. The van der Waals surface area contributed by atoms with Gasteiger partial charge < -0.3 is 11.1 Å². The second kappa shape index (κ2) is 6.08. The first-order chi connectivity index (χ1) is 9.97. The lowest BCUT2D eigenvalue weighted by molar-refractivity contribution is -0.120. The van der Waals surface area contributed by atoms with E-state index in [-0.39, 0.29) is 5.56 Å². The molecule has 0 radical (unpaired) electrons. The zero-order valence-corrected chi connectivity index (χ0v) is 10.7. The molecule has 108 valence electrons. The zero-order valence-electron chi connectivity index (χ0n) is 10.7. The number of nitrogens with zero attached hydrogens (tertiary/aromatic N) is 1. The standard InChI is InChI=1S/C14H11F2N3O2/c15-10-3-1-8(2-4-10)12(13(17)20)19-14(21)9-5-11(16)7-18-6-9/h1-7,12H,(H2,17,20)(H,19,21)/t12-/m1/s1. The molecule has 1 heterocycles. The van der Waals surface area contributed by atoms with Gasteiger partial charge in [-0.05, 0) is 23.8 Å². The van der Waals surface area contributed by atoms with Crippen LogP contribution in [0.3, 0.4) is 0 Å². The third-order valence-electron chi connectivity index (χ3n) is 2.73. The third kappa shape index (κ3) is 3.59. The summed E-state index contributed by atoms with van der Waals surface area (Å²) < 4.78 is 25.9. The van der Waals surface area contributed by atoms with Gasteiger partial charge in [0.2, 0.25) is 5.91 Å². The molecule has 1 aromatic carbocycles. The first-order valence-electron chi connectivity index (χ1n) is 5.93. The lowest BCUT2D eigenvalue weighted by atomic mass is 10.1. The SMILES string of the molecule is NC(=O)[C@H](NC(=O)c1cncc(F)c1)c1ccc(F)cc1. The number of hydrogen-bond acceptors (Lipinski definition) is 3. The average molecular weight is 291 g/mol. The number of halogens is 2. The van der Waals surface area contributed by atoms with Crippen molar-refractivity contribution in [1.29, 1.82) is 0 Å². The molecule has 0 unspecified atom stereocenters. The van der Waals surface area contributed by atoms with Crippen LogP contribution in [0.4, 0.5) is 8.78 Å². The molecule has 0 bridgehead atoms. The number of benzene rings is 1. The molecule has 21 heavy (non-hydrogen) atoms. The summed E-state index contributed by atoms with van der Waals surface area (Å²) in [5.74, 6) is -2.70. The Morgan fingerprint density at radius 3 is 2.33 bits per heavy atom. The summed E-state index contributed by atoms with van der Waals surface area (Å²) in [4.78, 5) is 26.9. The Kier molecular flexibility index (Phi) is 4.22. The molecule has 1 aromatic heterocycles. The van der Waals surface area contributed by atoms with E-state index in [1.807, 2.05) is 0 Å². The van der Waals surface area contributed by atoms with Crippen LogP contribution in [0.25, 0.3) is 0 Å². The minimum Gasteiger partial charge on any atom is -0.368 e. The van der Waals surface area contributed by atoms with Gasteiger partial charge in [0.15, 0.2) is 0 Å². The van der Waals surface area contributed by atoms with Crippen molar-refractivity contribution in [3.8, 4) is 0 Å². The molecule has 0 saturated carbocycles. The molecule has 0 aliphatic rings. The van der Waals surface area contributed by atoms with Crippen LogP contribution in [-0.2, 0) is 4.79 Å². The number of carbonyl (C=O) groups excluding carboxylic acids is 2. The molecule has 3 N–H and O–H groups in total. The van der Waals surface area contributed by atoms with E-state index < -0.39 is 29.5 Å². The molecule has 0 saturated heterocycles. The van der Waals surface area contributed by atoms with Gasteiger partial charge in [0.1, 0.15) is 17.7 Å². The fraction of sp³-hybridized carbons (Fsp3) is 0.0714. The number of aromatic nitrogens is 1. The summed E-state index contributed by atoms with van der Waals surface area (Å²) in [5, 5.41) is 2.35. The smallest absolute Gasteiger partial charge is 0.253 e. The number of amides is 2. The molecule has 7 heteroatoms. The van der Waals surface area contributed by atoms with Crippen molar-refractivity contribution in [3.63, 3.8) is 0 Å². The Balaban J connectivity index is 2.22. The minimum atomic E-state index is -1.15. The molecule has 2 amide bonds. The zero-order chi connectivity index (χ0) is 15.4. The van der Waals surface area contributed by atoms with Crippen LogP contribution in [0.2, 0.25) is 0 Å². The Morgan fingerprint density at radius 1 is 1.10 bits per heavy atom. The van der Waals surface area contributed by atoms with Crippen molar-refractivity contribution < 1.29 is 18.4 Å². The molecular formula is C14H11F2N3O2. The fourth-order valence-electron chi connectivity index (χ4n) is 1.72. The molecule has 0 aliphatic heterocycles. The molecule has 2 rings (SSSR count). The molecule has 1 atom stereocenters. The molecule has 0 fully saturated rings. The van der Waals surface area contributed by atoms with E-state index in [4.69, 9.17) is 5.73 Å². The normalized spacial score (nSPS) is 11.7. The Morgan fingerprint density at radius 2 is 1.76 bits per heavy atom. The highest BCUT2D eigenvalue weighted by Crippen LogP contribution is 2.14. The van der Waals surface area contributed by atoms with Gasteiger partial charge in [-0.3, -0.25) is 14.6 Å². The monoisotopic (exact) mass is 291 g/mol. The van der Waals surface area contributed by atoms with Crippen molar-refractivity contribution in [2.75, 3.05) is 0 Å². The Hall–Kier alpha value is -2.83. The van der Waals surface area contributed by atoms with E-state index in [0.29, 0.717) is 5.56 Å². The van der Waals surface area contributed by atoms with Crippen molar-refractivity contribution >= 4 is 11.8 Å². The number of nitrogens with one attached hydrogen (secondary N) is 1. The van der Waals surface area contributed by atoms with Crippen LogP contribution in [0, 0.1) is 11.6 Å². The van der Waals surface area contributed by atoms with Crippen molar-refractivity contribution in [3.05, 3.63) is 65.5 Å². The molecular weight excluding hydrogens is 280 g/mol. The predicted molar refractivity (Wildman–Crippen MR) is 70.0 cm³/mol. The number of hydrogen-bond donors (Lipinski definition) is 2. The van der Waals surface area contributed by atoms with E-state index in [1.165, 1.54) is 12.1 Å². The van der Waals surface area contributed by atoms with Gasteiger partial charge in [-0.15, -0.1) is 0 Å². The van der Waals surface area contributed by atoms with Gasteiger partial charge in [-0.2, -0.15) is 0 Å². The van der Waals surface area contributed by atoms with Gasteiger partial charge in [-0.1, -0.05) is 12.1 Å². The Bertz CT molecular complexity index is 674. The topological polar surface area (TPSA) is 85.1 Å². The van der Waals surface area contributed by atoms with Gasteiger partial charge in [-0.25, -0.2) is 8.78 Å². The fourth-order valence-corrected chi connectivity index (χ4v) is 1.72. The summed E-state index contributed by atoms with van der Waals surface area (Å²) in [6, 6.07) is 4.76. The van der Waals surface area contributed by atoms with Crippen LogP contribution < -0.4 is 11.1 Å². The number of carbonyl (C=O) groups is 2. The average Bonchev–Trinajstić information content (AvgIpc) is 2.45. The minimum absolute atomic E-state index is 0.0524. The van der Waals surface area contributed by atoms with E-state index in [9.17, 15) is 18.4 Å². The maximum absolute atomic E-state index is 13.0. The summed E-state index contributed by atoms with van der Waals surface area (Å²) in [6.45, 7) is 0. The van der Waals surface area contributed by atoms with E-state index in [0.717, 1.165) is 30.6 Å². The Labute approximate surface area is 118 Å². The molecule has 2 aromatic rings. The first-order valence-corrected chi connectivity index (χ1v) is 5.93. The summed E-state index contributed by atoms with van der Waals surface area (Å²) in [7, 11) is 0. The lowest BCUT2D eigenvalue weighted by Crippen LogP contribution is -2.37. The predicted octanol–water partition coefficient (Wildman–Crippen LogP) is 1.32. The van der Waals surface area contributed by atoms with E-state index in [2.05, 4.69) is 10.3 Å². The van der Waals surface area contributed by atoms with Gasteiger partial charge in [0, 0.05) is 6.20 Å². The summed E-state index contributed by atoms with van der Waals surface area (Å²) in [6.07, 6.45) is 2.10. The second-order valence-electron chi connectivity index (χ2n) is 4.25. The highest BCUT2D eigenvalue weighted by Gasteiger charge is 2.21. The van der Waals surface area contributed by atoms with Gasteiger partial charge in [0.25, 0.3) is 5.91 Å². The van der Waals surface area contributed by atoms with Crippen LogP contribution in [0.15, 0.2) is 42.7 Å². The van der Waals surface area contributed by atoms with E-state index in [1.54, 1.807) is 0 Å². The van der Waals surface area contributed by atoms with Gasteiger partial charge >= 0.3 is 0 Å². The third-order valence-corrected chi connectivity index (χ3v) is 2.73. The first kappa shape index (κ1) is 14.6. The number of primary amides is 1. The number of nitrogens with two attached hydrogens (primary N) is 1. The van der Waals surface area contributed by atoms with Crippen LogP contribution in [0.1, 0.15) is 22.0 Å². The summed E-state index contributed by atoms with van der Waals surface area (Å²) >= 11 is 0. The second-order valence-corrected chi connectivity index (χ2v) is 4.25. The van der Waals surface area contributed by atoms with Crippen LogP contribution >= 0.6 is 0 Å². The lowest BCUT2D eigenvalue weighted by Gasteiger charge is -2.15. The largest absolute Gasteiger partial charge is 0.368 e. The van der Waals surface area contributed by atoms with Crippen molar-refractivity contribution in [2.45, 2.75) is 6.04 Å². The van der Waals surface area contributed by atoms with Crippen LogP contribution in [-0.4, -0.2) is 16.8 Å². The highest BCUT2D eigenvalue weighted by atomic mass is 19.1.